The fraction of sp³-hybridized carbons (Fsp3) is 0.455. The van der Waals surface area contributed by atoms with Crippen LogP contribution in [0, 0.1) is 16.0 Å². The fourth-order valence-corrected chi connectivity index (χ4v) is 1.52. The summed E-state index contributed by atoms with van der Waals surface area (Å²) in [5, 5.41) is 13.8. The van der Waals surface area contributed by atoms with Crippen molar-refractivity contribution in [2.75, 3.05) is 17.6 Å². The van der Waals surface area contributed by atoms with Gasteiger partial charge in [0.15, 0.2) is 0 Å². The summed E-state index contributed by atoms with van der Waals surface area (Å²) in [6.07, 6.45) is 0. The smallest absolute Gasteiger partial charge is 0.292 e. The number of nitro benzene ring substituents is 1. The third-order valence-electron chi connectivity index (χ3n) is 2.63. The van der Waals surface area contributed by atoms with E-state index in [2.05, 4.69) is 19.2 Å². The number of nitrogens with two attached hydrogens (primary N) is 2. The molecule has 0 saturated heterocycles. The molecule has 1 unspecified atom stereocenters. The number of hydrogen-bond donors (Lipinski definition) is 3. The van der Waals surface area contributed by atoms with Crippen molar-refractivity contribution >= 4 is 17.1 Å². The molecule has 6 heteroatoms. The number of nitrogen functional groups attached to an aromatic ring is 1. The predicted octanol–water partition coefficient (Wildman–Crippen LogP) is 1.57. The highest BCUT2D eigenvalue weighted by molar-refractivity contribution is 5.66. The molecule has 0 aliphatic carbocycles. The first-order valence-corrected chi connectivity index (χ1v) is 5.46. The Labute approximate surface area is 100 Å². The molecule has 0 fully saturated rings. The van der Waals surface area contributed by atoms with E-state index in [0.717, 1.165) is 5.69 Å². The van der Waals surface area contributed by atoms with E-state index < -0.39 is 4.92 Å². The van der Waals surface area contributed by atoms with Gasteiger partial charge in [0.1, 0.15) is 5.69 Å². The lowest BCUT2D eigenvalue weighted by atomic mass is 10.0. The summed E-state index contributed by atoms with van der Waals surface area (Å²) in [5.74, 6) is 0.372. The average molecular weight is 238 g/mol. The lowest BCUT2D eigenvalue weighted by molar-refractivity contribution is -0.383. The van der Waals surface area contributed by atoms with Gasteiger partial charge in [-0.1, -0.05) is 13.8 Å². The quantitative estimate of drug-likeness (QED) is 0.410. The molecule has 0 radical (unpaired) electrons. The molecule has 0 amide bonds. The normalized spacial score (nSPS) is 12.5. The highest BCUT2D eigenvalue weighted by Crippen LogP contribution is 2.25. The average Bonchev–Trinajstić information content (AvgIpc) is 2.24. The number of benzene rings is 1. The van der Waals surface area contributed by atoms with E-state index in [1.807, 2.05) is 0 Å². The maximum atomic E-state index is 10.6. The summed E-state index contributed by atoms with van der Waals surface area (Å²) in [6.45, 7) is 4.60. The zero-order chi connectivity index (χ0) is 13.0. The molecule has 94 valence electrons. The third-order valence-corrected chi connectivity index (χ3v) is 2.63. The second-order valence-electron chi connectivity index (χ2n) is 4.26. The molecule has 1 aromatic carbocycles. The first-order valence-electron chi connectivity index (χ1n) is 5.46. The Morgan fingerprint density at radius 3 is 2.53 bits per heavy atom. The Hall–Kier alpha value is -1.82. The van der Waals surface area contributed by atoms with Gasteiger partial charge in [0.05, 0.1) is 4.92 Å². The lowest BCUT2D eigenvalue weighted by Crippen LogP contribution is -2.33. The SMILES string of the molecule is CC(C)C(CN)Nc1ccc([N+](=O)[O-])c(N)c1. The highest BCUT2D eigenvalue weighted by Gasteiger charge is 2.14. The van der Waals surface area contributed by atoms with Gasteiger partial charge in [-0.05, 0) is 18.1 Å². The van der Waals surface area contributed by atoms with E-state index in [4.69, 9.17) is 11.5 Å². The van der Waals surface area contributed by atoms with E-state index in [1.165, 1.54) is 6.07 Å². The largest absolute Gasteiger partial charge is 0.393 e. The van der Waals surface area contributed by atoms with Gasteiger partial charge in [-0.15, -0.1) is 0 Å². The molecule has 0 heterocycles. The molecule has 6 nitrogen and oxygen atoms in total. The summed E-state index contributed by atoms with van der Waals surface area (Å²) in [5.41, 5.74) is 12.1. The first-order chi connectivity index (χ1) is 7.95. The van der Waals surface area contributed by atoms with Crippen LogP contribution in [0.4, 0.5) is 17.1 Å². The number of nitro groups is 1. The summed E-state index contributed by atoms with van der Waals surface area (Å²) in [7, 11) is 0. The number of rotatable bonds is 5. The van der Waals surface area contributed by atoms with Crippen molar-refractivity contribution in [2.24, 2.45) is 11.7 Å². The van der Waals surface area contributed by atoms with E-state index in [0.29, 0.717) is 12.5 Å². The molecule has 17 heavy (non-hydrogen) atoms. The van der Waals surface area contributed by atoms with Gasteiger partial charge < -0.3 is 16.8 Å². The monoisotopic (exact) mass is 238 g/mol. The summed E-state index contributed by atoms with van der Waals surface area (Å²) < 4.78 is 0. The maximum Gasteiger partial charge on any atom is 0.292 e. The molecule has 5 N–H and O–H groups in total. The highest BCUT2D eigenvalue weighted by atomic mass is 16.6. The van der Waals surface area contributed by atoms with E-state index in [-0.39, 0.29) is 17.4 Å². The van der Waals surface area contributed by atoms with Crippen LogP contribution >= 0.6 is 0 Å². The van der Waals surface area contributed by atoms with Crippen LogP contribution in [0.3, 0.4) is 0 Å². The molecule has 1 aromatic rings. The van der Waals surface area contributed by atoms with Crippen LogP contribution < -0.4 is 16.8 Å². The van der Waals surface area contributed by atoms with Crippen molar-refractivity contribution in [1.82, 2.24) is 0 Å². The Morgan fingerprint density at radius 1 is 1.47 bits per heavy atom. The number of nitrogens with zero attached hydrogens (tertiary/aromatic N) is 1. The Morgan fingerprint density at radius 2 is 2.12 bits per heavy atom. The number of nitrogens with one attached hydrogen (secondary N) is 1. The van der Waals surface area contributed by atoms with E-state index in [9.17, 15) is 10.1 Å². The van der Waals surface area contributed by atoms with Crippen molar-refractivity contribution < 1.29 is 4.92 Å². The van der Waals surface area contributed by atoms with Crippen molar-refractivity contribution in [3.05, 3.63) is 28.3 Å². The van der Waals surface area contributed by atoms with Crippen molar-refractivity contribution in [3.63, 3.8) is 0 Å². The summed E-state index contributed by atoms with van der Waals surface area (Å²) >= 11 is 0. The van der Waals surface area contributed by atoms with E-state index in [1.54, 1.807) is 12.1 Å². The minimum absolute atomic E-state index is 0.0793. The fourth-order valence-electron chi connectivity index (χ4n) is 1.52. The van der Waals surface area contributed by atoms with Gasteiger partial charge in [-0.25, -0.2) is 0 Å². The molecule has 0 bridgehead atoms. The Kier molecular flexibility index (Phi) is 4.28. The molecule has 0 saturated carbocycles. The molecular weight excluding hydrogens is 220 g/mol. The van der Waals surface area contributed by atoms with Gasteiger partial charge in [-0.2, -0.15) is 0 Å². The first kappa shape index (κ1) is 13.2. The second kappa shape index (κ2) is 5.49. The van der Waals surface area contributed by atoms with Crippen LogP contribution in [0.1, 0.15) is 13.8 Å². The molecule has 1 atom stereocenters. The van der Waals surface area contributed by atoms with Gasteiger partial charge in [0.2, 0.25) is 0 Å². The standard InChI is InChI=1S/C11H18N4O2/c1-7(2)10(6-12)14-8-3-4-11(15(16)17)9(13)5-8/h3-5,7,10,14H,6,12-13H2,1-2H3. The Bertz CT molecular complexity index is 406. The van der Waals surface area contributed by atoms with Crippen LogP contribution in [-0.2, 0) is 0 Å². The van der Waals surface area contributed by atoms with Crippen LogP contribution in [-0.4, -0.2) is 17.5 Å². The van der Waals surface area contributed by atoms with Crippen LogP contribution in [0.5, 0.6) is 0 Å². The molecule has 0 aliphatic rings. The van der Waals surface area contributed by atoms with Crippen LogP contribution in [0.15, 0.2) is 18.2 Å². The molecule has 0 spiro atoms. The minimum Gasteiger partial charge on any atom is -0.393 e. The minimum atomic E-state index is -0.498. The third kappa shape index (κ3) is 3.32. The lowest BCUT2D eigenvalue weighted by Gasteiger charge is -2.21. The zero-order valence-electron chi connectivity index (χ0n) is 10.0. The van der Waals surface area contributed by atoms with Crippen molar-refractivity contribution in [1.29, 1.82) is 0 Å². The summed E-state index contributed by atoms with van der Waals surface area (Å²) in [6, 6.07) is 4.71. The van der Waals surface area contributed by atoms with Gasteiger partial charge in [0.25, 0.3) is 5.69 Å². The topological polar surface area (TPSA) is 107 Å². The Balaban J connectivity index is 2.87. The van der Waals surface area contributed by atoms with Crippen molar-refractivity contribution in [3.8, 4) is 0 Å². The van der Waals surface area contributed by atoms with Crippen molar-refractivity contribution in [2.45, 2.75) is 19.9 Å². The van der Waals surface area contributed by atoms with E-state index >= 15 is 0 Å². The number of hydrogen-bond acceptors (Lipinski definition) is 5. The zero-order valence-corrected chi connectivity index (χ0v) is 10.0. The molecular formula is C11H18N4O2. The van der Waals surface area contributed by atoms with Gasteiger partial charge >= 0.3 is 0 Å². The van der Waals surface area contributed by atoms with Crippen LogP contribution in [0.2, 0.25) is 0 Å². The maximum absolute atomic E-state index is 10.6. The van der Waals surface area contributed by atoms with Crippen LogP contribution in [0.25, 0.3) is 0 Å². The second-order valence-corrected chi connectivity index (χ2v) is 4.26. The summed E-state index contributed by atoms with van der Waals surface area (Å²) in [4.78, 5) is 10.1. The van der Waals surface area contributed by atoms with Gasteiger partial charge in [0, 0.05) is 24.3 Å². The molecule has 0 aromatic heterocycles. The molecule has 0 aliphatic heterocycles. The van der Waals surface area contributed by atoms with Gasteiger partial charge in [-0.3, -0.25) is 10.1 Å². The number of anilines is 2. The molecule has 1 rings (SSSR count). The predicted molar refractivity (Wildman–Crippen MR) is 68.8 cm³/mol.